The Labute approximate surface area is 407 Å². The highest BCUT2D eigenvalue weighted by atomic mass is 28.3. The maximum atomic E-state index is 17.0. The van der Waals surface area contributed by atoms with Crippen molar-refractivity contribution in [1.29, 1.82) is 5.26 Å². The van der Waals surface area contributed by atoms with Gasteiger partial charge in [-0.05, 0) is 93.3 Å². The largest absolute Gasteiger partial charge is 0.307 e. The Hall–Kier alpha value is -8.03. The van der Waals surface area contributed by atoms with Gasteiger partial charge in [0.25, 0.3) is 0 Å². The summed E-state index contributed by atoms with van der Waals surface area (Å²) in [5, 5.41) is 17.2. The summed E-state index contributed by atoms with van der Waals surface area (Å²) in [4.78, 5) is 7.21. The molecular formula is C60H46F4N4Si2. The zero-order valence-electron chi connectivity index (χ0n) is 39.5. The zero-order chi connectivity index (χ0) is 49.2. The summed E-state index contributed by atoms with van der Waals surface area (Å²) in [7, 11) is -3.42. The predicted octanol–water partition coefficient (Wildman–Crippen LogP) is 16.9. The van der Waals surface area contributed by atoms with Gasteiger partial charge in [-0.15, -0.1) is 0 Å². The second kappa shape index (κ2) is 17.5. The van der Waals surface area contributed by atoms with Gasteiger partial charge < -0.3 is 9.80 Å². The third-order valence-electron chi connectivity index (χ3n) is 13.2. The summed E-state index contributed by atoms with van der Waals surface area (Å²) in [6, 6.07) is 52.2. The average molecular weight is 955 g/mol. The quantitative estimate of drug-likeness (QED) is 0.0593. The van der Waals surface area contributed by atoms with Gasteiger partial charge in [0.15, 0.2) is 17.3 Å². The van der Waals surface area contributed by atoms with Crippen LogP contribution < -0.4 is 20.2 Å². The van der Waals surface area contributed by atoms with E-state index in [9.17, 15) is 5.26 Å². The summed E-state index contributed by atoms with van der Waals surface area (Å²) in [6.07, 6.45) is 0. The molecule has 10 aromatic rings. The smallest absolute Gasteiger partial charge is 0.187 e. The molecule has 0 unspecified atom stereocenters. The molecular weight excluding hydrogens is 909 g/mol. The fourth-order valence-corrected chi connectivity index (χ4v) is 12.0. The molecule has 0 radical (unpaired) electrons. The van der Waals surface area contributed by atoms with E-state index < -0.39 is 39.4 Å². The number of nitriles is 1. The monoisotopic (exact) mass is 954 g/mol. The SMILES string of the molecule is [C-]#[N+]c1ccc(N(c2c(F)cc(F)cc2-c2ccc([Si](C)(C)C)cc2)c2ccc3ccc4c(N(c5ccc(C#N)cc5)c5c(F)cc(F)cc5-c5ccc([Si](C)(C)C)cc5)ccc5ccc2c3c54)cc1. The molecule has 10 heteroatoms. The van der Waals surface area contributed by atoms with Crippen molar-refractivity contribution in [2.75, 3.05) is 9.80 Å². The number of hydrogen-bond donors (Lipinski definition) is 0. The van der Waals surface area contributed by atoms with Gasteiger partial charge in [-0.2, -0.15) is 5.26 Å². The molecule has 0 bridgehead atoms. The van der Waals surface area contributed by atoms with Gasteiger partial charge in [-0.1, -0.05) is 147 Å². The lowest BCUT2D eigenvalue weighted by molar-refractivity contribution is 0.584. The molecule has 0 aromatic heterocycles. The Balaban J connectivity index is 1.24. The molecule has 342 valence electrons. The van der Waals surface area contributed by atoms with E-state index in [2.05, 4.69) is 50.2 Å². The molecule has 0 fully saturated rings. The lowest BCUT2D eigenvalue weighted by Crippen LogP contribution is -2.37. The van der Waals surface area contributed by atoms with Crippen LogP contribution in [0.5, 0.6) is 0 Å². The van der Waals surface area contributed by atoms with Crippen molar-refractivity contribution >= 4 is 98.7 Å². The predicted molar refractivity (Wildman–Crippen MR) is 287 cm³/mol. The van der Waals surface area contributed by atoms with Gasteiger partial charge in [0.1, 0.15) is 11.6 Å². The fourth-order valence-electron chi connectivity index (χ4n) is 9.62. The first-order valence-electron chi connectivity index (χ1n) is 23.0. The van der Waals surface area contributed by atoms with Crippen molar-refractivity contribution in [3.63, 3.8) is 0 Å². The maximum Gasteiger partial charge on any atom is 0.187 e. The standard InChI is InChI=1S/C60H46F4N4Si2/c1-66-44-18-22-46(23-19-44)68(60-52(33-43(62)35-54(60)64)39-12-26-48(27-13-39)70(5,6)7)56-31-17-41-14-28-49-55(30-16-40-15-29-50(56)58(41)57(40)49)67(45-20-8-37(36-65)9-21-45)59-51(32-42(61)34-53(59)63)38-10-24-47(25-11-38)69(2,3)4/h8-35H,2-7H3. The molecule has 10 rings (SSSR count). The fraction of sp³-hybridized carbons (Fsp3) is 0.100. The highest BCUT2D eigenvalue weighted by Gasteiger charge is 2.29. The lowest BCUT2D eigenvalue weighted by atomic mass is 9.91. The van der Waals surface area contributed by atoms with E-state index in [0.717, 1.165) is 44.5 Å². The van der Waals surface area contributed by atoms with Crippen molar-refractivity contribution in [3.05, 3.63) is 210 Å². The van der Waals surface area contributed by atoms with E-state index in [0.29, 0.717) is 56.3 Å². The number of rotatable bonds is 10. The number of anilines is 6. The summed E-state index contributed by atoms with van der Waals surface area (Å²) in [6.45, 7) is 21.2. The first-order valence-corrected chi connectivity index (χ1v) is 30.0. The zero-order valence-corrected chi connectivity index (χ0v) is 41.5. The maximum absolute atomic E-state index is 17.0. The van der Waals surface area contributed by atoms with Crippen molar-refractivity contribution in [2.45, 2.75) is 39.3 Å². The van der Waals surface area contributed by atoms with Crippen LogP contribution in [0.15, 0.2) is 170 Å². The van der Waals surface area contributed by atoms with E-state index in [-0.39, 0.29) is 11.4 Å². The number of benzene rings is 10. The van der Waals surface area contributed by atoms with Crippen LogP contribution in [-0.2, 0) is 0 Å². The van der Waals surface area contributed by atoms with Crippen LogP contribution >= 0.6 is 0 Å². The number of nitrogens with zero attached hydrogens (tertiary/aromatic N) is 4. The molecule has 0 spiro atoms. The minimum absolute atomic E-state index is 0.133. The first-order chi connectivity index (χ1) is 33.5. The molecule has 4 nitrogen and oxygen atoms in total. The van der Waals surface area contributed by atoms with Crippen LogP contribution in [0.2, 0.25) is 39.3 Å². The molecule has 0 amide bonds. The van der Waals surface area contributed by atoms with Crippen molar-refractivity contribution in [2.24, 2.45) is 0 Å². The summed E-state index contributed by atoms with van der Waals surface area (Å²) >= 11 is 0. The van der Waals surface area contributed by atoms with E-state index in [1.807, 2.05) is 97.1 Å². The second-order valence-corrected chi connectivity index (χ2v) is 29.9. The Kier molecular flexibility index (Phi) is 11.4. The minimum Gasteiger partial charge on any atom is -0.307 e. The Bertz CT molecular complexity index is 3490. The molecule has 0 N–H and O–H groups in total. The van der Waals surface area contributed by atoms with Crippen LogP contribution in [0, 0.1) is 41.2 Å². The number of hydrogen-bond acceptors (Lipinski definition) is 3. The van der Waals surface area contributed by atoms with Gasteiger partial charge in [-0.25, -0.2) is 22.4 Å². The van der Waals surface area contributed by atoms with E-state index in [4.69, 9.17) is 6.57 Å². The summed E-state index contributed by atoms with van der Waals surface area (Å²) in [5.74, 6) is -2.97. The Morgan fingerprint density at radius 1 is 0.471 bits per heavy atom. The third-order valence-corrected chi connectivity index (χ3v) is 17.4. The lowest BCUT2D eigenvalue weighted by Gasteiger charge is -2.31. The molecule has 70 heavy (non-hydrogen) atoms. The van der Waals surface area contributed by atoms with Crippen molar-refractivity contribution < 1.29 is 17.6 Å². The van der Waals surface area contributed by atoms with Crippen molar-refractivity contribution in [1.82, 2.24) is 0 Å². The molecule has 0 saturated carbocycles. The number of halogens is 4. The molecule has 0 aliphatic rings. The topological polar surface area (TPSA) is 34.6 Å². The van der Waals surface area contributed by atoms with E-state index >= 15 is 17.6 Å². The summed E-state index contributed by atoms with van der Waals surface area (Å²) < 4.78 is 65.1. The van der Waals surface area contributed by atoms with Gasteiger partial charge in [0.05, 0.1) is 57.1 Å². The van der Waals surface area contributed by atoms with Crippen molar-refractivity contribution in [3.8, 4) is 28.3 Å². The minimum atomic E-state index is -1.71. The Morgan fingerprint density at radius 2 is 0.857 bits per heavy atom. The van der Waals surface area contributed by atoms with Gasteiger partial charge in [0.2, 0.25) is 0 Å². The van der Waals surface area contributed by atoms with Gasteiger partial charge >= 0.3 is 0 Å². The third kappa shape index (κ3) is 8.15. The average Bonchev–Trinajstić information content (AvgIpc) is 3.34. The highest BCUT2D eigenvalue weighted by molar-refractivity contribution is 6.89. The van der Waals surface area contributed by atoms with E-state index in [1.165, 1.54) is 22.5 Å². The van der Waals surface area contributed by atoms with E-state index in [1.54, 1.807) is 58.3 Å². The molecule has 10 aromatic carbocycles. The van der Waals surface area contributed by atoms with Gasteiger partial charge in [0, 0.05) is 45.4 Å². The molecule has 0 atom stereocenters. The van der Waals surface area contributed by atoms with Crippen LogP contribution in [0.25, 0.3) is 59.4 Å². The van der Waals surface area contributed by atoms with Crippen LogP contribution in [0.1, 0.15) is 5.56 Å². The highest BCUT2D eigenvalue weighted by Crippen LogP contribution is 2.51. The summed E-state index contributed by atoms with van der Waals surface area (Å²) in [5.41, 5.74) is 5.39. The van der Waals surface area contributed by atoms with Crippen LogP contribution in [0.3, 0.4) is 0 Å². The van der Waals surface area contributed by atoms with Crippen LogP contribution in [0.4, 0.5) is 57.4 Å². The molecule has 0 aliphatic carbocycles. The van der Waals surface area contributed by atoms with Gasteiger partial charge in [-0.3, -0.25) is 0 Å². The normalized spacial score (nSPS) is 11.8. The molecule has 0 saturated heterocycles. The molecule has 0 heterocycles. The molecule has 0 aliphatic heterocycles. The van der Waals surface area contributed by atoms with Crippen LogP contribution in [-0.4, -0.2) is 16.1 Å². The second-order valence-electron chi connectivity index (χ2n) is 19.8. The first kappa shape index (κ1) is 45.7. The Morgan fingerprint density at radius 3 is 1.23 bits per heavy atom.